The van der Waals surface area contributed by atoms with Gasteiger partial charge in [-0.15, -0.1) is 0 Å². The van der Waals surface area contributed by atoms with Crippen molar-refractivity contribution in [3.8, 4) is 5.75 Å². The molecule has 0 saturated carbocycles. The number of aliphatic hydroxyl groups excluding tert-OH is 1. The van der Waals surface area contributed by atoms with E-state index in [0.29, 0.717) is 19.6 Å². The lowest BCUT2D eigenvalue weighted by atomic mass is 10.1. The van der Waals surface area contributed by atoms with Crippen LogP contribution in [-0.2, 0) is 13.1 Å². The molecule has 0 aliphatic carbocycles. The molecule has 0 saturated heterocycles. The highest BCUT2D eigenvalue weighted by Gasteiger charge is 2.15. The van der Waals surface area contributed by atoms with Gasteiger partial charge in [0.25, 0.3) is 0 Å². The molecule has 5 nitrogen and oxygen atoms in total. The van der Waals surface area contributed by atoms with E-state index in [4.69, 9.17) is 9.15 Å². The minimum absolute atomic E-state index is 0.232. The highest BCUT2D eigenvalue weighted by atomic mass is 79.9. The molecule has 1 heterocycles. The molecule has 2 aromatic carbocycles. The van der Waals surface area contributed by atoms with E-state index in [2.05, 4.69) is 50.0 Å². The number of nitrogens with zero attached hydrogens (tertiary/aromatic N) is 2. The fraction of sp³-hybridized carbons (Fsp3) is 0.304. The second-order valence-electron chi connectivity index (χ2n) is 7.23. The Morgan fingerprint density at radius 1 is 1.00 bits per heavy atom. The zero-order chi connectivity index (χ0) is 20.6. The zero-order valence-electron chi connectivity index (χ0n) is 16.8. The Labute approximate surface area is 180 Å². The van der Waals surface area contributed by atoms with Gasteiger partial charge in [-0.3, -0.25) is 4.90 Å². The van der Waals surface area contributed by atoms with Crippen molar-refractivity contribution in [2.75, 3.05) is 32.1 Å². The summed E-state index contributed by atoms with van der Waals surface area (Å²) in [4.78, 5) is 4.24. The van der Waals surface area contributed by atoms with Crippen molar-refractivity contribution < 1.29 is 14.3 Å². The van der Waals surface area contributed by atoms with Crippen molar-refractivity contribution in [3.05, 3.63) is 82.7 Å². The lowest BCUT2D eigenvalue weighted by molar-refractivity contribution is 0.0604. The van der Waals surface area contributed by atoms with E-state index < -0.39 is 6.10 Å². The number of hydrogen-bond donors (Lipinski definition) is 1. The second-order valence-corrected chi connectivity index (χ2v) is 8.14. The van der Waals surface area contributed by atoms with Crippen molar-refractivity contribution in [2.45, 2.75) is 19.2 Å². The maximum Gasteiger partial charge on any atom is 0.119 e. The Morgan fingerprint density at radius 2 is 1.72 bits per heavy atom. The van der Waals surface area contributed by atoms with Gasteiger partial charge in [-0.1, -0.05) is 28.1 Å². The molecule has 1 aromatic heterocycles. The summed E-state index contributed by atoms with van der Waals surface area (Å²) in [6, 6.07) is 19.9. The van der Waals surface area contributed by atoms with Crippen LogP contribution >= 0.6 is 15.9 Å². The smallest absolute Gasteiger partial charge is 0.119 e. The molecule has 29 heavy (non-hydrogen) atoms. The number of aliphatic hydroxyl groups is 1. The van der Waals surface area contributed by atoms with Crippen LogP contribution in [0.25, 0.3) is 0 Å². The average molecular weight is 459 g/mol. The van der Waals surface area contributed by atoms with E-state index >= 15 is 0 Å². The molecular formula is C23H27BrN2O3. The van der Waals surface area contributed by atoms with Gasteiger partial charge >= 0.3 is 0 Å². The van der Waals surface area contributed by atoms with Crippen molar-refractivity contribution in [3.63, 3.8) is 0 Å². The standard InChI is InChI=1S/C23H27BrN2O3/c1-25(2)20-9-5-18(6-10-20)14-26(16-23-4-3-13-28-23)15-21(27)17-29-22-11-7-19(24)8-12-22/h3-13,21,27H,14-17H2,1-2H3. The molecule has 0 aliphatic heterocycles. The number of furan rings is 1. The first-order chi connectivity index (χ1) is 14.0. The van der Waals surface area contributed by atoms with Gasteiger partial charge in [-0.2, -0.15) is 0 Å². The van der Waals surface area contributed by atoms with Gasteiger partial charge in [-0.25, -0.2) is 0 Å². The molecule has 0 spiro atoms. The summed E-state index contributed by atoms with van der Waals surface area (Å²) in [6.45, 7) is 2.05. The molecule has 0 amide bonds. The Kier molecular flexibility index (Phi) is 7.75. The molecule has 3 rings (SSSR count). The summed E-state index contributed by atoms with van der Waals surface area (Å²) in [5.41, 5.74) is 2.34. The number of benzene rings is 2. The maximum absolute atomic E-state index is 10.5. The van der Waals surface area contributed by atoms with E-state index in [-0.39, 0.29) is 6.61 Å². The summed E-state index contributed by atoms with van der Waals surface area (Å²) in [6.07, 6.45) is 1.06. The van der Waals surface area contributed by atoms with Crippen molar-refractivity contribution in [1.82, 2.24) is 4.90 Å². The minimum Gasteiger partial charge on any atom is -0.491 e. The highest BCUT2D eigenvalue weighted by molar-refractivity contribution is 9.10. The maximum atomic E-state index is 10.5. The first-order valence-electron chi connectivity index (χ1n) is 9.57. The first kappa shape index (κ1) is 21.4. The fourth-order valence-corrected chi connectivity index (χ4v) is 3.30. The van der Waals surface area contributed by atoms with Gasteiger partial charge in [0.15, 0.2) is 0 Å². The summed E-state index contributed by atoms with van der Waals surface area (Å²) >= 11 is 3.41. The highest BCUT2D eigenvalue weighted by Crippen LogP contribution is 2.18. The van der Waals surface area contributed by atoms with Crippen molar-refractivity contribution >= 4 is 21.6 Å². The van der Waals surface area contributed by atoms with Crippen LogP contribution in [0.2, 0.25) is 0 Å². The fourth-order valence-electron chi connectivity index (χ4n) is 3.04. The van der Waals surface area contributed by atoms with E-state index in [9.17, 15) is 5.11 Å². The van der Waals surface area contributed by atoms with E-state index in [1.165, 1.54) is 5.56 Å². The first-order valence-corrected chi connectivity index (χ1v) is 10.4. The van der Waals surface area contributed by atoms with Crippen LogP contribution in [0, 0.1) is 0 Å². The molecule has 3 aromatic rings. The summed E-state index contributed by atoms with van der Waals surface area (Å²) in [5.74, 6) is 1.61. The van der Waals surface area contributed by atoms with Gasteiger partial charge in [0, 0.05) is 37.3 Å². The molecule has 1 atom stereocenters. The van der Waals surface area contributed by atoms with Gasteiger partial charge in [0.05, 0.1) is 12.8 Å². The zero-order valence-corrected chi connectivity index (χ0v) is 18.4. The summed E-state index contributed by atoms with van der Waals surface area (Å²) in [5, 5.41) is 10.5. The Bertz CT molecular complexity index is 849. The predicted molar refractivity (Wildman–Crippen MR) is 119 cm³/mol. The van der Waals surface area contributed by atoms with E-state index in [0.717, 1.165) is 21.7 Å². The Hall–Kier alpha value is -2.28. The van der Waals surface area contributed by atoms with Crippen LogP contribution in [-0.4, -0.2) is 43.4 Å². The number of rotatable bonds is 10. The monoisotopic (exact) mass is 458 g/mol. The van der Waals surface area contributed by atoms with Gasteiger partial charge in [0.2, 0.25) is 0 Å². The molecule has 154 valence electrons. The quantitative estimate of drug-likeness (QED) is 0.482. The minimum atomic E-state index is -0.616. The third kappa shape index (κ3) is 6.92. The van der Waals surface area contributed by atoms with E-state index in [1.807, 2.05) is 50.5 Å². The second kappa shape index (κ2) is 10.5. The third-order valence-electron chi connectivity index (χ3n) is 4.54. The molecule has 0 aliphatic rings. The molecule has 6 heteroatoms. The van der Waals surface area contributed by atoms with Crippen LogP contribution in [0.4, 0.5) is 5.69 Å². The summed E-state index contributed by atoms with van der Waals surface area (Å²) in [7, 11) is 4.06. The van der Waals surface area contributed by atoms with Crippen LogP contribution in [0.3, 0.4) is 0 Å². The number of hydrogen-bond acceptors (Lipinski definition) is 5. The largest absolute Gasteiger partial charge is 0.491 e. The molecule has 1 unspecified atom stereocenters. The molecule has 0 fully saturated rings. The van der Waals surface area contributed by atoms with Crippen LogP contribution in [0.1, 0.15) is 11.3 Å². The molecule has 0 bridgehead atoms. The lowest BCUT2D eigenvalue weighted by Crippen LogP contribution is -2.35. The lowest BCUT2D eigenvalue weighted by Gasteiger charge is -2.25. The predicted octanol–water partition coefficient (Wildman–Crippen LogP) is 4.55. The number of anilines is 1. The Balaban J connectivity index is 1.60. The van der Waals surface area contributed by atoms with Crippen molar-refractivity contribution in [2.24, 2.45) is 0 Å². The third-order valence-corrected chi connectivity index (χ3v) is 5.07. The average Bonchev–Trinajstić information content (AvgIpc) is 3.21. The topological polar surface area (TPSA) is 49.1 Å². The van der Waals surface area contributed by atoms with E-state index in [1.54, 1.807) is 6.26 Å². The van der Waals surface area contributed by atoms with Crippen molar-refractivity contribution in [1.29, 1.82) is 0 Å². The van der Waals surface area contributed by atoms with Crippen LogP contribution in [0.15, 0.2) is 75.8 Å². The van der Waals surface area contributed by atoms with Gasteiger partial charge in [0.1, 0.15) is 24.2 Å². The number of ether oxygens (including phenoxy) is 1. The SMILES string of the molecule is CN(C)c1ccc(CN(Cc2ccco2)CC(O)COc2ccc(Br)cc2)cc1. The normalized spacial score (nSPS) is 12.2. The Morgan fingerprint density at radius 3 is 2.34 bits per heavy atom. The molecular weight excluding hydrogens is 432 g/mol. The molecule has 1 N–H and O–H groups in total. The van der Waals surface area contributed by atoms with Gasteiger partial charge in [-0.05, 0) is 54.1 Å². The van der Waals surface area contributed by atoms with Crippen LogP contribution in [0.5, 0.6) is 5.75 Å². The van der Waals surface area contributed by atoms with Crippen LogP contribution < -0.4 is 9.64 Å². The molecule has 0 radical (unpaired) electrons. The summed E-state index contributed by atoms with van der Waals surface area (Å²) < 4.78 is 12.2. The number of halogens is 1. The van der Waals surface area contributed by atoms with Gasteiger partial charge < -0.3 is 19.2 Å².